The summed E-state index contributed by atoms with van der Waals surface area (Å²) in [6, 6.07) is 0. The first kappa shape index (κ1) is 18.3. The van der Waals surface area contributed by atoms with Crippen LogP contribution in [0.3, 0.4) is 0 Å². The summed E-state index contributed by atoms with van der Waals surface area (Å²) in [5.41, 5.74) is -0.119. The van der Waals surface area contributed by atoms with Crippen LogP contribution >= 0.6 is 47.8 Å². The molecule has 0 aromatic heterocycles. The van der Waals surface area contributed by atoms with Gasteiger partial charge in [0.15, 0.2) is 0 Å². The Morgan fingerprint density at radius 1 is 1.19 bits per heavy atom. The molecule has 3 aliphatic carbocycles. The molecule has 21 heavy (non-hydrogen) atoms. The van der Waals surface area contributed by atoms with Crippen LogP contribution in [0.2, 0.25) is 0 Å². The van der Waals surface area contributed by atoms with Gasteiger partial charge in [-0.05, 0) is 31.1 Å². The summed E-state index contributed by atoms with van der Waals surface area (Å²) in [5, 5.41) is 0. The maximum absolute atomic E-state index is 13.3. The van der Waals surface area contributed by atoms with Gasteiger partial charge in [-0.1, -0.05) is 75.5 Å². The molecule has 3 aliphatic rings. The van der Waals surface area contributed by atoms with Gasteiger partial charge >= 0.3 is 0 Å². The van der Waals surface area contributed by atoms with Crippen LogP contribution < -0.4 is 0 Å². The van der Waals surface area contributed by atoms with Gasteiger partial charge in [0.05, 0.1) is 9.15 Å². The molecule has 2 bridgehead atoms. The van der Waals surface area contributed by atoms with Crippen LogP contribution in [0.25, 0.3) is 0 Å². The van der Waals surface area contributed by atoms with Crippen LogP contribution in [-0.2, 0) is 4.79 Å². The average molecular weight is 488 g/mol. The molecule has 3 atom stereocenters. The number of carbonyl (C=O) groups is 1. The normalized spacial score (nSPS) is 36.7. The number of hydrogen-bond acceptors (Lipinski definition) is 1. The molecule has 0 aromatic rings. The highest BCUT2D eigenvalue weighted by Crippen LogP contribution is 2.82. The minimum absolute atomic E-state index is 0.00263. The quantitative estimate of drug-likeness (QED) is 0.464. The van der Waals surface area contributed by atoms with Crippen molar-refractivity contribution in [2.45, 2.75) is 61.9 Å². The largest absolute Gasteiger partial charge is 0.342 e. The molecule has 0 radical (unpaired) electrons. The van der Waals surface area contributed by atoms with E-state index >= 15 is 0 Å². The highest BCUT2D eigenvalue weighted by atomic mass is 79.9. The topological polar surface area (TPSA) is 20.3 Å². The van der Waals surface area contributed by atoms with Crippen LogP contribution in [0, 0.1) is 16.2 Å². The fourth-order valence-corrected chi connectivity index (χ4v) is 9.71. The first-order valence-electron chi connectivity index (χ1n) is 7.95. The minimum atomic E-state index is -0.239. The molecule has 3 rings (SSSR count). The number of hydrogen-bond donors (Lipinski definition) is 0. The van der Waals surface area contributed by atoms with Crippen molar-refractivity contribution in [1.82, 2.24) is 4.90 Å². The molecule has 0 saturated heterocycles. The SMILES string of the molecule is CCCN(CCC)C(=O)C12CCC(C(Br)Br)(C1Br)C2(C)C. The van der Waals surface area contributed by atoms with Crippen molar-refractivity contribution < 1.29 is 4.79 Å². The van der Waals surface area contributed by atoms with Crippen LogP contribution in [-0.4, -0.2) is 32.5 Å². The lowest BCUT2D eigenvalue weighted by Crippen LogP contribution is -2.72. The molecule has 0 heterocycles. The first-order valence-corrected chi connectivity index (χ1v) is 10.7. The molecular weight excluding hydrogens is 462 g/mol. The predicted octanol–water partition coefficient (Wildman–Crippen LogP) is 5.32. The number of amides is 1. The zero-order chi connectivity index (χ0) is 16.1. The monoisotopic (exact) mass is 485 g/mol. The van der Waals surface area contributed by atoms with Gasteiger partial charge in [0.2, 0.25) is 5.91 Å². The molecule has 0 aliphatic heterocycles. The lowest BCUT2D eigenvalue weighted by molar-refractivity contribution is -0.173. The summed E-state index contributed by atoms with van der Waals surface area (Å²) < 4.78 is 0.242. The molecule has 2 nitrogen and oxygen atoms in total. The second-order valence-electron chi connectivity index (χ2n) is 7.09. The van der Waals surface area contributed by atoms with E-state index in [4.69, 9.17) is 0 Å². The van der Waals surface area contributed by atoms with Crippen molar-refractivity contribution in [1.29, 1.82) is 0 Å². The molecule has 122 valence electrons. The van der Waals surface area contributed by atoms with Gasteiger partial charge in [0.1, 0.15) is 0 Å². The molecule has 3 saturated carbocycles. The Labute approximate surface area is 154 Å². The van der Waals surface area contributed by atoms with Gasteiger partial charge in [-0.15, -0.1) is 0 Å². The van der Waals surface area contributed by atoms with Gasteiger partial charge in [-0.3, -0.25) is 4.79 Å². The van der Waals surface area contributed by atoms with E-state index in [1.165, 1.54) is 0 Å². The van der Waals surface area contributed by atoms with E-state index in [-0.39, 0.29) is 24.8 Å². The molecule has 3 unspecified atom stereocenters. The predicted molar refractivity (Wildman–Crippen MR) is 99.4 cm³/mol. The third-order valence-corrected chi connectivity index (χ3v) is 9.37. The van der Waals surface area contributed by atoms with E-state index < -0.39 is 0 Å². The van der Waals surface area contributed by atoms with Crippen molar-refractivity contribution in [3.8, 4) is 0 Å². The number of rotatable bonds is 6. The molecule has 5 heteroatoms. The van der Waals surface area contributed by atoms with Gasteiger partial charge in [0.25, 0.3) is 0 Å². The van der Waals surface area contributed by atoms with E-state index in [0.29, 0.717) is 5.91 Å². The third kappa shape index (κ3) is 2.08. The van der Waals surface area contributed by atoms with Crippen LogP contribution in [0.4, 0.5) is 0 Å². The third-order valence-electron chi connectivity index (χ3n) is 6.14. The van der Waals surface area contributed by atoms with Gasteiger partial charge in [-0.25, -0.2) is 0 Å². The zero-order valence-electron chi connectivity index (χ0n) is 13.4. The fourth-order valence-electron chi connectivity index (χ4n) is 4.81. The van der Waals surface area contributed by atoms with E-state index in [0.717, 1.165) is 38.8 Å². The van der Waals surface area contributed by atoms with E-state index in [1.54, 1.807) is 0 Å². The minimum Gasteiger partial charge on any atom is -0.342 e. The Hall–Kier alpha value is 0.910. The first-order chi connectivity index (χ1) is 9.74. The molecule has 1 amide bonds. The molecule has 3 fully saturated rings. The van der Waals surface area contributed by atoms with Crippen LogP contribution in [0.15, 0.2) is 0 Å². The number of carbonyl (C=O) groups excluding carboxylic acids is 1. The highest BCUT2D eigenvalue weighted by molar-refractivity contribution is 9.24. The van der Waals surface area contributed by atoms with Crippen molar-refractivity contribution in [3.05, 3.63) is 0 Å². The Bertz CT molecular complexity index is 420. The summed E-state index contributed by atoms with van der Waals surface area (Å²) in [5.74, 6) is 0.367. The maximum Gasteiger partial charge on any atom is 0.230 e. The van der Waals surface area contributed by atoms with Gasteiger partial charge in [-0.2, -0.15) is 0 Å². The van der Waals surface area contributed by atoms with E-state index in [1.807, 2.05) is 0 Å². The highest BCUT2D eigenvalue weighted by Gasteiger charge is 2.83. The summed E-state index contributed by atoms with van der Waals surface area (Å²) in [4.78, 5) is 15.7. The second kappa shape index (κ2) is 6.08. The maximum atomic E-state index is 13.3. The standard InChI is InChI=1S/C16H26Br3NO/c1-5-9-20(10-6-2)13(21)16-8-7-15(11(16)17,12(18)19)14(16,3)4/h11-12H,5-10H2,1-4H3. The van der Waals surface area contributed by atoms with Gasteiger partial charge in [0, 0.05) is 23.3 Å². The van der Waals surface area contributed by atoms with Crippen LogP contribution in [0.5, 0.6) is 0 Å². The number of fused-ring (bicyclic) bond motifs is 1. The molecular formula is C16H26Br3NO. The van der Waals surface area contributed by atoms with Crippen LogP contribution in [0.1, 0.15) is 53.4 Å². The Balaban J connectivity index is 2.34. The summed E-state index contributed by atoms with van der Waals surface area (Å²) in [7, 11) is 0. The summed E-state index contributed by atoms with van der Waals surface area (Å²) in [6.07, 6.45) is 4.14. The molecule has 0 spiro atoms. The number of halogens is 3. The fraction of sp³-hybridized carbons (Fsp3) is 0.938. The lowest BCUT2D eigenvalue weighted by Gasteiger charge is -2.66. The Morgan fingerprint density at radius 3 is 2.05 bits per heavy atom. The molecule has 0 N–H and O–H groups in total. The Kier molecular flexibility index (Phi) is 5.29. The molecule has 0 aromatic carbocycles. The summed E-state index contributed by atoms with van der Waals surface area (Å²) in [6.45, 7) is 10.6. The van der Waals surface area contributed by atoms with Crippen molar-refractivity contribution in [2.24, 2.45) is 16.2 Å². The number of nitrogens with zero attached hydrogens (tertiary/aromatic N) is 1. The zero-order valence-corrected chi connectivity index (χ0v) is 18.1. The van der Waals surface area contributed by atoms with E-state index in [2.05, 4.69) is 80.4 Å². The lowest BCUT2D eigenvalue weighted by atomic mass is 9.43. The van der Waals surface area contributed by atoms with Crippen molar-refractivity contribution >= 4 is 53.7 Å². The average Bonchev–Trinajstić information content (AvgIpc) is 2.87. The second-order valence-corrected chi connectivity index (χ2v) is 11.1. The Morgan fingerprint density at radius 2 is 1.71 bits per heavy atom. The van der Waals surface area contributed by atoms with Gasteiger partial charge < -0.3 is 4.90 Å². The summed E-state index contributed by atoms with van der Waals surface area (Å²) >= 11 is 11.4. The van der Waals surface area contributed by atoms with E-state index in [9.17, 15) is 4.79 Å². The van der Waals surface area contributed by atoms with Crippen molar-refractivity contribution in [2.75, 3.05) is 13.1 Å². The van der Waals surface area contributed by atoms with Crippen molar-refractivity contribution in [3.63, 3.8) is 0 Å². The number of alkyl halides is 3. The smallest absolute Gasteiger partial charge is 0.230 e.